The van der Waals surface area contributed by atoms with E-state index in [0.717, 1.165) is 44.2 Å². The van der Waals surface area contributed by atoms with Crippen LogP contribution in [0.4, 0.5) is 5.95 Å². The molecule has 0 spiro atoms. The Balaban J connectivity index is 1.75. The van der Waals surface area contributed by atoms with Crippen molar-refractivity contribution in [1.29, 1.82) is 0 Å². The fourth-order valence-electron chi connectivity index (χ4n) is 2.07. The van der Waals surface area contributed by atoms with Crippen LogP contribution in [0.2, 0.25) is 0 Å². The summed E-state index contributed by atoms with van der Waals surface area (Å²) in [4.78, 5) is 10.9. The summed E-state index contributed by atoms with van der Waals surface area (Å²) in [5, 5.41) is 6.70. The van der Waals surface area contributed by atoms with Gasteiger partial charge in [0.2, 0.25) is 5.95 Å². The molecule has 0 aliphatic carbocycles. The van der Waals surface area contributed by atoms with Crippen molar-refractivity contribution in [3.63, 3.8) is 0 Å². The van der Waals surface area contributed by atoms with Crippen molar-refractivity contribution in [1.82, 2.24) is 20.2 Å². The number of piperazine rings is 1. The molecule has 1 aliphatic rings. The molecule has 2 heterocycles. The SMILES string of the molecule is Cc1ccnc(NCCC2CNCCN2C)n1. The number of nitrogens with one attached hydrogen (secondary N) is 2. The van der Waals surface area contributed by atoms with Gasteiger partial charge in [-0.25, -0.2) is 9.97 Å². The zero-order chi connectivity index (χ0) is 12.1. The molecule has 1 unspecified atom stereocenters. The van der Waals surface area contributed by atoms with E-state index in [1.54, 1.807) is 6.20 Å². The second kappa shape index (κ2) is 5.93. The predicted octanol–water partition coefficient (Wildman–Crippen LogP) is 0.491. The molecule has 1 aromatic rings. The Morgan fingerprint density at radius 2 is 2.47 bits per heavy atom. The van der Waals surface area contributed by atoms with E-state index in [1.807, 2.05) is 13.0 Å². The number of hydrogen-bond acceptors (Lipinski definition) is 5. The monoisotopic (exact) mass is 235 g/mol. The summed E-state index contributed by atoms with van der Waals surface area (Å²) in [5.41, 5.74) is 0.999. The summed E-state index contributed by atoms with van der Waals surface area (Å²) in [6.07, 6.45) is 2.90. The van der Waals surface area contributed by atoms with Gasteiger partial charge in [0, 0.05) is 44.1 Å². The maximum atomic E-state index is 4.32. The molecule has 1 saturated heterocycles. The quantitative estimate of drug-likeness (QED) is 0.795. The van der Waals surface area contributed by atoms with Gasteiger partial charge < -0.3 is 15.5 Å². The zero-order valence-corrected chi connectivity index (χ0v) is 10.6. The molecule has 1 aromatic heterocycles. The second-order valence-electron chi connectivity index (χ2n) is 4.58. The Kier molecular flexibility index (Phi) is 4.28. The van der Waals surface area contributed by atoms with Gasteiger partial charge in [0.15, 0.2) is 0 Å². The minimum absolute atomic E-state index is 0.612. The van der Waals surface area contributed by atoms with Gasteiger partial charge in [-0.2, -0.15) is 0 Å². The predicted molar refractivity (Wildman–Crippen MR) is 69.2 cm³/mol. The Morgan fingerprint density at radius 3 is 3.24 bits per heavy atom. The Labute approximate surface area is 103 Å². The van der Waals surface area contributed by atoms with Gasteiger partial charge in [0.1, 0.15) is 0 Å². The first-order valence-corrected chi connectivity index (χ1v) is 6.20. The third-order valence-corrected chi connectivity index (χ3v) is 3.20. The first-order valence-electron chi connectivity index (χ1n) is 6.20. The molecule has 1 fully saturated rings. The minimum atomic E-state index is 0.612. The van der Waals surface area contributed by atoms with E-state index in [1.165, 1.54) is 0 Å². The van der Waals surface area contributed by atoms with Crippen LogP contribution >= 0.6 is 0 Å². The second-order valence-corrected chi connectivity index (χ2v) is 4.58. The lowest BCUT2D eigenvalue weighted by Gasteiger charge is -2.33. The van der Waals surface area contributed by atoms with Crippen molar-refractivity contribution in [2.75, 3.05) is 38.5 Å². The molecule has 0 aromatic carbocycles. The average molecular weight is 235 g/mol. The first-order chi connectivity index (χ1) is 8.25. The lowest BCUT2D eigenvalue weighted by molar-refractivity contribution is 0.194. The molecule has 0 saturated carbocycles. The van der Waals surface area contributed by atoms with Crippen LogP contribution in [0.5, 0.6) is 0 Å². The van der Waals surface area contributed by atoms with E-state index in [2.05, 4.69) is 32.5 Å². The Bertz CT molecular complexity index is 355. The zero-order valence-electron chi connectivity index (χ0n) is 10.6. The fraction of sp³-hybridized carbons (Fsp3) is 0.667. The van der Waals surface area contributed by atoms with Crippen molar-refractivity contribution < 1.29 is 0 Å². The molecule has 0 radical (unpaired) electrons. The van der Waals surface area contributed by atoms with Crippen LogP contribution < -0.4 is 10.6 Å². The molecular weight excluding hydrogens is 214 g/mol. The minimum Gasteiger partial charge on any atom is -0.354 e. The standard InChI is InChI=1S/C12H21N5/c1-10-3-5-14-12(16-10)15-6-4-11-9-13-7-8-17(11)2/h3,5,11,13H,4,6-9H2,1-2H3,(H,14,15,16). The molecule has 5 heteroatoms. The highest BCUT2D eigenvalue weighted by molar-refractivity contribution is 5.24. The smallest absolute Gasteiger partial charge is 0.222 e. The molecule has 1 atom stereocenters. The summed E-state index contributed by atoms with van der Waals surface area (Å²) in [6, 6.07) is 2.52. The van der Waals surface area contributed by atoms with E-state index < -0.39 is 0 Å². The van der Waals surface area contributed by atoms with Crippen LogP contribution in [0.15, 0.2) is 12.3 Å². The molecule has 2 N–H and O–H groups in total. The van der Waals surface area contributed by atoms with Gasteiger partial charge in [-0.3, -0.25) is 0 Å². The molecule has 0 amide bonds. The molecular formula is C12H21N5. The first kappa shape index (κ1) is 12.3. The summed E-state index contributed by atoms with van der Waals surface area (Å²) in [7, 11) is 2.19. The number of rotatable bonds is 4. The van der Waals surface area contributed by atoms with Crippen molar-refractivity contribution in [2.24, 2.45) is 0 Å². The van der Waals surface area contributed by atoms with Crippen LogP contribution in [-0.4, -0.2) is 54.1 Å². The summed E-state index contributed by atoms with van der Waals surface area (Å²) in [6.45, 7) is 6.20. The fourth-order valence-corrected chi connectivity index (χ4v) is 2.07. The largest absolute Gasteiger partial charge is 0.354 e. The van der Waals surface area contributed by atoms with Crippen molar-refractivity contribution in [2.45, 2.75) is 19.4 Å². The third kappa shape index (κ3) is 3.64. The van der Waals surface area contributed by atoms with Crippen LogP contribution in [0.1, 0.15) is 12.1 Å². The highest BCUT2D eigenvalue weighted by Crippen LogP contribution is 2.05. The number of nitrogens with zero attached hydrogens (tertiary/aromatic N) is 3. The summed E-state index contributed by atoms with van der Waals surface area (Å²) >= 11 is 0. The van der Waals surface area contributed by atoms with E-state index in [9.17, 15) is 0 Å². The molecule has 5 nitrogen and oxygen atoms in total. The van der Waals surface area contributed by atoms with E-state index in [-0.39, 0.29) is 0 Å². The maximum absolute atomic E-state index is 4.32. The van der Waals surface area contributed by atoms with Gasteiger partial charge in [-0.15, -0.1) is 0 Å². The van der Waals surface area contributed by atoms with Crippen LogP contribution in [0.3, 0.4) is 0 Å². The van der Waals surface area contributed by atoms with Gasteiger partial charge in [-0.05, 0) is 26.5 Å². The third-order valence-electron chi connectivity index (χ3n) is 3.20. The van der Waals surface area contributed by atoms with E-state index in [0.29, 0.717) is 6.04 Å². The number of likely N-dealkylation sites (N-methyl/N-ethyl adjacent to an activating group) is 1. The average Bonchev–Trinajstić information content (AvgIpc) is 2.32. The van der Waals surface area contributed by atoms with Gasteiger partial charge in [-0.1, -0.05) is 0 Å². The number of aromatic nitrogens is 2. The van der Waals surface area contributed by atoms with Crippen molar-refractivity contribution in [3.8, 4) is 0 Å². The number of anilines is 1. The van der Waals surface area contributed by atoms with E-state index >= 15 is 0 Å². The summed E-state index contributed by atoms with van der Waals surface area (Å²) < 4.78 is 0. The van der Waals surface area contributed by atoms with E-state index in [4.69, 9.17) is 0 Å². The molecule has 17 heavy (non-hydrogen) atoms. The normalized spacial score (nSPS) is 21.4. The van der Waals surface area contributed by atoms with Crippen molar-refractivity contribution in [3.05, 3.63) is 18.0 Å². The Hall–Kier alpha value is -1.20. The van der Waals surface area contributed by atoms with Crippen LogP contribution in [-0.2, 0) is 0 Å². The van der Waals surface area contributed by atoms with Gasteiger partial charge >= 0.3 is 0 Å². The van der Waals surface area contributed by atoms with Crippen molar-refractivity contribution >= 4 is 5.95 Å². The lowest BCUT2D eigenvalue weighted by Crippen LogP contribution is -2.49. The van der Waals surface area contributed by atoms with Gasteiger partial charge in [0.05, 0.1) is 0 Å². The van der Waals surface area contributed by atoms with Crippen LogP contribution in [0.25, 0.3) is 0 Å². The molecule has 1 aliphatic heterocycles. The lowest BCUT2D eigenvalue weighted by atomic mass is 10.1. The maximum Gasteiger partial charge on any atom is 0.222 e. The number of hydrogen-bond donors (Lipinski definition) is 2. The summed E-state index contributed by atoms with van der Waals surface area (Å²) in [5.74, 6) is 0.733. The molecule has 94 valence electrons. The van der Waals surface area contributed by atoms with Crippen LogP contribution in [0, 0.1) is 6.92 Å². The highest BCUT2D eigenvalue weighted by atomic mass is 15.2. The highest BCUT2D eigenvalue weighted by Gasteiger charge is 2.17. The molecule has 0 bridgehead atoms. The topological polar surface area (TPSA) is 53.1 Å². The van der Waals surface area contributed by atoms with Gasteiger partial charge in [0.25, 0.3) is 0 Å². The molecule has 2 rings (SSSR count). The Morgan fingerprint density at radius 1 is 1.59 bits per heavy atom. The number of aryl methyl sites for hydroxylation is 1.